The van der Waals surface area contributed by atoms with E-state index >= 15 is 0 Å². The van der Waals surface area contributed by atoms with Gasteiger partial charge in [-0.15, -0.1) is 0 Å². The first-order valence-corrected chi connectivity index (χ1v) is 7.06. The topological polar surface area (TPSA) is 73.6 Å². The number of hydrogen-bond donors (Lipinski definition) is 2. The fraction of sp³-hybridized carbons (Fsp3) is 0.533. The van der Waals surface area contributed by atoms with E-state index in [1.807, 2.05) is 32.0 Å². The maximum Gasteiger partial charge on any atom is 0.223 e. The van der Waals surface area contributed by atoms with Crippen molar-refractivity contribution in [3.63, 3.8) is 0 Å². The summed E-state index contributed by atoms with van der Waals surface area (Å²) in [6.45, 7) is 5.96. The molecule has 0 aliphatic carbocycles. The van der Waals surface area contributed by atoms with E-state index in [0.717, 1.165) is 12.0 Å². The molecule has 0 saturated heterocycles. The van der Waals surface area contributed by atoms with Gasteiger partial charge in [-0.05, 0) is 44.5 Å². The Hall–Kier alpha value is -1.75. The van der Waals surface area contributed by atoms with Crippen LogP contribution in [0.25, 0.3) is 0 Å². The lowest BCUT2D eigenvalue weighted by atomic mass is 10.1. The molecule has 0 heterocycles. The molecule has 0 fully saturated rings. The Labute approximate surface area is 120 Å². The second-order valence-corrected chi connectivity index (χ2v) is 4.30. The normalized spacial score (nSPS) is 10.2. The molecule has 1 rings (SSSR count). The summed E-state index contributed by atoms with van der Waals surface area (Å²) < 4.78 is 11.2. The standard InChI is InChI=1S/C15H24N2O3/c1-3-17-15(18)8-10-20-13-6-5-12(7-9-16)11-14(13)19-4-2/h5-6,11H,3-4,7-10,16H2,1-2H3,(H,17,18). The summed E-state index contributed by atoms with van der Waals surface area (Å²) in [5, 5.41) is 2.73. The molecule has 0 unspecified atom stereocenters. The summed E-state index contributed by atoms with van der Waals surface area (Å²) in [5.41, 5.74) is 6.67. The molecule has 5 nitrogen and oxygen atoms in total. The van der Waals surface area contributed by atoms with E-state index in [1.54, 1.807) is 0 Å². The number of amides is 1. The van der Waals surface area contributed by atoms with Crippen LogP contribution < -0.4 is 20.5 Å². The number of rotatable bonds is 9. The summed E-state index contributed by atoms with van der Waals surface area (Å²) in [5.74, 6) is 1.36. The molecule has 1 amide bonds. The summed E-state index contributed by atoms with van der Waals surface area (Å²) in [4.78, 5) is 11.3. The van der Waals surface area contributed by atoms with Crippen LogP contribution in [0.5, 0.6) is 11.5 Å². The molecule has 0 bridgehead atoms. The molecule has 20 heavy (non-hydrogen) atoms. The molecule has 0 radical (unpaired) electrons. The molecule has 3 N–H and O–H groups in total. The minimum atomic E-state index is -0.00906. The van der Waals surface area contributed by atoms with Crippen molar-refractivity contribution in [2.45, 2.75) is 26.7 Å². The van der Waals surface area contributed by atoms with Crippen molar-refractivity contribution in [2.75, 3.05) is 26.3 Å². The fourth-order valence-electron chi connectivity index (χ4n) is 1.80. The average Bonchev–Trinajstić information content (AvgIpc) is 2.42. The highest BCUT2D eigenvalue weighted by Gasteiger charge is 2.07. The third-order valence-electron chi connectivity index (χ3n) is 2.70. The van der Waals surface area contributed by atoms with Crippen molar-refractivity contribution >= 4 is 5.91 Å². The van der Waals surface area contributed by atoms with Crippen LogP contribution in [0.15, 0.2) is 18.2 Å². The molecule has 0 aliphatic heterocycles. The molecule has 1 aromatic rings. The van der Waals surface area contributed by atoms with Crippen molar-refractivity contribution in [1.29, 1.82) is 0 Å². The Kier molecular flexibility index (Phi) is 7.50. The van der Waals surface area contributed by atoms with Crippen molar-refractivity contribution in [1.82, 2.24) is 5.32 Å². The maximum absolute atomic E-state index is 11.3. The molecule has 1 aromatic carbocycles. The van der Waals surface area contributed by atoms with E-state index in [2.05, 4.69) is 5.32 Å². The molecule has 0 aromatic heterocycles. The summed E-state index contributed by atoms with van der Waals surface area (Å²) >= 11 is 0. The van der Waals surface area contributed by atoms with Gasteiger partial charge >= 0.3 is 0 Å². The van der Waals surface area contributed by atoms with E-state index < -0.39 is 0 Å². The van der Waals surface area contributed by atoms with Crippen LogP contribution in [-0.2, 0) is 11.2 Å². The van der Waals surface area contributed by atoms with Crippen LogP contribution >= 0.6 is 0 Å². The molecule has 0 atom stereocenters. The highest BCUT2D eigenvalue weighted by molar-refractivity contribution is 5.75. The first kappa shape index (κ1) is 16.3. The predicted octanol–water partition coefficient (Wildman–Crippen LogP) is 1.49. The van der Waals surface area contributed by atoms with Crippen LogP contribution in [0.2, 0.25) is 0 Å². The van der Waals surface area contributed by atoms with Gasteiger partial charge in [0.1, 0.15) is 0 Å². The monoisotopic (exact) mass is 280 g/mol. The smallest absolute Gasteiger partial charge is 0.223 e. The van der Waals surface area contributed by atoms with Gasteiger partial charge in [0.05, 0.1) is 19.6 Å². The number of benzene rings is 1. The number of nitrogens with one attached hydrogen (secondary N) is 1. The SMILES string of the molecule is CCNC(=O)CCOc1ccc(CCN)cc1OCC. The molecule has 0 saturated carbocycles. The highest BCUT2D eigenvalue weighted by atomic mass is 16.5. The summed E-state index contributed by atoms with van der Waals surface area (Å²) in [6, 6.07) is 5.78. The Morgan fingerprint density at radius 2 is 2.05 bits per heavy atom. The predicted molar refractivity (Wildman–Crippen MR) is 79.2 cm³/mol. The number of ether oxygens (including phenoxy) is 2. The third-order valence-corrected chi connectivity index (χ3v) is 2.70. The minimum absolute atomic E-state index is 0.00906. The van der Waals surface area contributed by atoms with Gasteiger partial charge < -0.3 is 20.5 Å². The Morgan fingerprint density at radius 3 is 2.70 bits per heavy atom. The number of nitrogens with two attached hydrogens (primary N) is 1. The van der Waals surface area contributed by atoms with Crippen LogP contribution in [0.3, 0.4) is 0 Å². The van der Waals surface area contributed by atoms with E-state index in [1.165, 1.54) is 0 Å². The van der Waals surface area contributed by atoms with Crippen molar-refractivity contribution in [2.24, 2.45) is 5.73 Å². The lowest BCUT2D eigenvalue weighted by Crippen LogP contribution is -2.24. The van der Waals surface area contributed by atoms with Gasteiger partial charge in [0.25, 0.3) is 0 Å². The number of hydrogen-bond acceptors (Lipinski definition) is 4. The molecular weight excluding hydrogens is 256 g/mol. The van der Waals surface area contributed by atoms with Crippen LogP contribution in [0.1, 0.15) is 25.8 Å². The summed E-state index contributed by atoms with van der Waals surface area (Å²) in [6.07, 6.45) is 1.14. The zero-order chi connectivity index (χ0) is 14.8. The molecule has 0 spiro atoms. The second-order valence-electron chi connectivity index (χ2n) is 4.30. The molecule has 112 valence electrons. The van der Waals surface area contributed by atoms with Gasteiger partial charge in [-0.2, -0.15) is 0 Å². The van der Waals surface area contributed by atoms with Gasteiger partial charge in [0, 0.05) is 6.54 Å². The van der Waals surface area contributed by atoms with Gasteiger partial charge in [-0.3, -0.25) is 4.79 Å². The van der Waals surface area contributed by atoms with Crippen molar-refractivity contribution in [3.8, 4) is 11.5 Å². The fourth-order valence-corrected chi connectivity index (χ4v) is 1.80. The van der Waals surface area contributed by atoms with E-state index in [-0.39, 0.29) is 5.91 Å². The Bertz CT molecular complexity index is 422. The van der Waals surface area contributed by atoms with Crippen LogP contribution in [-0.4, -0.2) is 32.2 Å². The maximum atomic E-state index is 11.3. The average molecular weight is 280 g/mol. The Balaban J connectivity index is 2.61. The lowest BCUT2D eigenvalue weighted by molar-refractivity contribution is -0.121. The van der Waals surface area contributed by atoms with Crippen LogP contribution in [0.4, 0.5) is 0 Å². The van der Waals surface area contributed by atoms with Gasteiger partial charge in [-0.1, -0.05) is 6.07 Å². The summed E-state index contributed by atoms with van der Waals surface area (Å²) in [7, 11) is 0. The van der Waals surface area contributed by atoms with Gasteiger partial charge in [0.15, 0.2) is 11.5 Å². The van der Waals surface area contributed by atoms with Crippen LogP contribution in [0, 0.1) is 0 Å². The number of carbonyl (C=O) groups excluding carboxylic acids is 1. The van der Waals surface area contributed by atoms with E-state index in [0.29, 0.717) is 44.2 Å². The minimum Gasteiger partial charge on any atom is -0.490 e. The first-order chi connectivity index (χ1) is 9.71. The van der Waals surface area contributed by atoms with E-state index in [9.17, 15) is 4.79 Å². The largest absolute Gasteiger partial charge is 0.490 e. The van der Waals surface area contributed by atoms with E-state index in [4.69, 9.17) is 15.2 Å². The second kappa shape index (κ2) is 9.20. The van der Waals surface area contributed by atoms with Crippen molar-refractivity contribution in [3.05, 3.63) is 23.8 Å². The zero-order valence-electron chi connectivity index (χ0n) is 12.3. The van der Waals surface area contributed by atoms with Crippen molar-refractivity contribution < 1.29 is 14.3 Å². The molecule has 5 heteroatoms. The molecular formula is C15H24N2O3. The third kappa shape index (κ3) is 5.48. The van der Waals surface area contributed by atoms with Gasteiger partial charge in [0.2, 0.25) is 5.91 Å². The lowest BCUT2D eigenvalue weighted by Gasteiger charge is -2.13. The highest BCUT2D eigenvalue weighted by Crippen LogP contribution is 2.28. The molecule has 0 aliphatic rings. The number of carbonyl (C=O) groups is 1. The van der Waals surface area contributed by atoms with Gasteiger partial charge in [-0.25, -0.2) is 0 Å². The first-order valence-electron chi connectivity index (χ1n) is 7.06. The zero-order valence-corrected chi connectivity index (χ0v) is 12.3. The quantitative estimate of drug-likeness (QED) is 0.719. The Morgan fingerprint density at radius 1 is 1.25 bits per heavy atom.